The Morgan fingerprint density at radius 2 is 2.00 bits per heavy atom. The van der Waals surface area contributed by atoms with Crippen LogP contribution in [0.15, 0.2) is 53.9 Å². The van der Waals surface area contributed by atoms with Crippen molar-refractivity contribution in [1.82, 2.24) is 9.80 Å². The molecule has 0 bridgehead atoms. The first-order valence-electron chi connectivity index (χ1n) is 12.1. The number of rotatable bonds is 6. The summed E-state index contributed by atoms with van der Waals surface area (Å²) in [6.45, 7) is 7.47. The molecule has 1 saturated carbocycles. The van der Waals surface area contributed by atoms with Crippen molar-refractivity contribution in [3.63, 3.8) is 0 Å². The third-order valence-corrected chi connectivity index (χ3v) is 7.27. The molecule has 32 heavy (non-hydrogen) atoms. The van der Waals surface area contributed by atoms with Crippen LogP contribution in [0.2, 0.25) is 0 Å². The molecule has 5 heteroatoms. The van der Waals surface area contributed by atoms with E-state index in [1.165, 1.54) is 69.8 Å². The van der Waals surface area contributed by atoms with Crippen LogP contribution in [0.3, 0.4) is 0 Å². The number of likely N-dealkylation sites (tertiary alicyclic amines) is 1. The van der Waals surface area contributed by atoms with Crippen LogP contribution in [-0.4, -0.2) is 47.3 Å². The van der Waals surface area contributed by atoms with E-state index in [0.717, 1.165) is 36.9 Å². The normalized spacial score (nSPS) is 25.7. The first-order valence-corrected chi connectivity index (χ1v) is 12.1. The van der Waals surface area contributed by atoms with Gasteiger partial charge in [0.2, 0.25) is 0 Å². The molecule has 0 spiro atoms. The number of fused-ring (bicyclic) bond motifs is 1. The Labute approximate surface area is 191 Å². The summed E-state index contributed by atoms with van der Waals surface area (Å²) in [5, 5.41) is 9.84. The summed E-state index contributed by atoms with van der Waals surface area (Å²) in [5.74, 6) is 2.14. The highest BCUT2D eigenvalue weighted by Gasteiger charge is 2.29. The molecule has 2 heterocycles. The van der Waals surface area contributed by atoms with E-state index < -0.39 is 5.82 Å². The summed E-state index contributed by atoms with van der Waals surface area (Å²) >= 11 is 0. The standard InChI is InChI=1S/C27H36FN3O/c1-3-24(25-18-23(32)12-13-26(25)28)27-29-22(14-17-30(27)2)11-7-16-31-15-6-10-20-8-4-5-9-21(20)19-31/h3,12-14,17-18,20-21,32H,1,4-11,15-16,19H2,2H3/b27-24+. The van der Waals surface area contributed by atoms with E-state index in [9.17, 15) is 9.50 Å². The number of phenolic OH excluding ortho intramolecular Hbond substituents is 1. The molecular weight excluding hydrogens is 401 g/mol. The van der Waals surface area contributed by atoms with Crippen molar-refractivity contribution in [2.24, 2.45) is 16.8 Å². The average Bonchev–Trinajstić information content (AvgIpc) is 3.00. The summed E-state index contributed by atoms with van der Waals surface area (Å²) in [6.07, 6.45) is 16.0. The van der Waals surface area contributed by atoms with Crippen LogP contribution in [0.5, 0.6) is 5.75 Å². The number of aliphatic imine (C=N–C) groups is 1. The SMILES string of the molecule is C=C/C(=C1/N=C(CCCN2CCCC3CCCCC3C2)C=CN1C)c1cc(O)ccc1F. The second kappa shape index (κ2) is 10.5. The number of phenols is 1. The lowest BCUT2D eigenvalue weighted by atomic mass is 9.77. The maximum atomic E-state index is 14.5. The molecular formula is C27H36FN3O. The minimum absolute atomic E-state index is 0.0252. The number of hydrogen-bond donors (Lipinski definition) is 1. The predicted molar refractivity (Wildman–Crippen MR) is 130 cm³/mol. The highest BCUT2D eigenvalue weighted by molar-refractivity contribution is 5.97. The van der Waals surface area contributed by atoms with Gasteiger partial charge in [0, 0.05) is 36.6 Å². The Kier molecular flexibility index (Phi) is 7.46. The number of hydrogen-bond acceptors (Lipinski definition) is 4. The van der Waals surface area contributed by atoms with Crippen LogP contribution >= 0.6 is 0 Å². The van der Waals surface area contributed by atoms with Crippen molar-refractivity contribution in [3.8, 4) is 5.75 Å². The number of nitrogens with zero attached hydrogens (tertiary/aromatic N) is 3. The van der Waals surface area contributed by atoms with Crippen molar-refractivity contribution in [2.45, 2.75) is 51.4 Å². The summed E-state index contributed by atoms with van der Waals surface area (Å²) in [6, 6.07) is 4.05. The number of aromatic hydroxyl groups is 1. The van der Waals surface area contributed by atoms with Crippen molar-refractivity contribution >= 4 is 11.3 Å². The van der Waals surface area contributed by atoms with E-state index in [0.29, 0.717) is 17.0 Å². The van der Waals surface area contributed by atoms with Gasteiger partial charge in [-0.1, -0.05) is 31.9 Å². The molecule has 1 aromatic rings. The van der Waals surface area contributed by atoms with Crippen LogP contribution in [0.25, 0.3) is 5.57 Å². The minimum atomic E-state index is -0.396. The van der Waals surface area contributed by atoms with E-state index >= 15 is 0 Å². The minimum Gasteiger partial charge on any atom is -0.508 e. The molecule has 2 unspecified atom stereocenters. The molecule has 172 valence electrons. The second-order valence-corrected chi connectivity index (χ2v) is 9.49. The smallest absolute Gasteiger partial charge is 0.140 e. The van der Waals surface area contributed by atoms with E-state index in [1.54, 1.807) is 6.08 Å². The lowest BCUT2D eigenvalue weighted by molar-refractivity contribution is 0.180. The fraction of sp³-hybridized carbons (Fsp3) is 0.519. The van der Waals surface area contributed by atoms with Gasteiger partial charge < -0.3 is 14.9 Å². The van der Waals surface area contributed by atoms with Gasteiger partial charge in [-0.3, -0.25) is 0 Å². The molecule has 3 aliphatic rings. The van der Waals surface area contributed by atoms with Crippen LogP contribution in [-0.2, 0) is 0 Å². The molecule has 1 N–H and O–H groups in total. The third kappa shape index (κ3) is 5.32. The molecule has 2 atom stereocenters. The van der Waals surface area contributed by atoms with Crippen LogP contribution in [0.1, 0.15) is 56.9 Å². The van der Waals surface area contributed by atoms with Gasteiger partial charge in [0.25, 0.3) is 0 Å². The quantitative estimate of drug-likeness (QED) is 0.596. The Bertz CT molecular complexity index is 919. The van der Waals surface area contributed by atoms with Gasteiger partial charge in [0.15, 0.2) is 0 Å². The van der Waals surface area contributed by atoms with Crippen molar-refractivity contribution < 1.29 is 9.50 Å². The van der Waals surface area contributed by atoms with Gasteiger partial charge >= 0.3 is 0 Å². The van der Waals surface area contributed by atoms with Crippen LogP contribution in [0, 0.1) is 17.7 Å². The van der Waals surface area contributed by atoms with E-state index in [4.69, 9.17) is 4.99 Å². The maximum absolute atomic E-state index is 14.5. The topological polar surface area (TPSA) is 39.1 Å². The van der Waals surface area contributed by atoms with E-state index in [-0.39, 0.29) is 5.75 Å². The van der Waals surface area contributed by atoms with Gasteiger partial charge in [-0.25, -0.2) is 9.38 Å². The maximum Gasteiger partial charge on any atom is 0.140 e. The Balaban J connectivity index is 1.43. The highest BCUT2D eigenvalue weighted by Crippen LogP contribution is 2.36. The fourth-order valence-corrected chi connectivity index (χ4v) is 5.54. The molecule has 2 fully saturated rings. The highest BCUT2D eigenvalue weighted by atomic mass is 19.1. The van der Waals surface area contributed by atoms with E-state index in [2.05, 4.69) is 11.5 Å². The largest absolute Gasteiger partial charge is 0.508 e. The average molecular weight is 438 g/mol. The first kappa shape index (κ1) is 22.8. The summed E-state index contributed by atoms with van der Waals surface area (Å²) in [5.41, 5.74) is 1.90. The Morgan fingerprint density at radius 1 is 1.22 bits per heavy atom. The summed E-state index contributed by atoms with van der Waals surface area (Å²) in [4.78, 5) is 9.39. The zero-order valence-electron chi connectivity index (χ0n) is 19.3. The lowest BCUT2D eigenvalue weighted by Gasteiger charge is -2.32. The molecule has 4 nitrogen and oxygen atoms in total. The van der Waals surface area contributed by atoms with Crippen molar-refractivity contribution in [1.29, 1.82) is 0 Å². The predicted octanol–water partition coefficient (Wildman–Crippen LogP) is 5.97. The molecule has 1 aromatic carbocycles. The zero-order chi connectivity index (χ0) is 22.5. The van der Waals surface area contributed by atoms with E-state index in [1.807, 2.05) is 24.2 Å². The number of halogens is 1. The third-order valence-electron chi connectivity index (χ3n) is 7.27. The first-order chi connectivity index (χ1) is 15.5. The van der Waals surface area contributed by atoms with Gasteiger partial charge in [-0.05, 0) is 81.3 Å². The Morgan fingerprint density at radius 3 is 2.81 bits per heavy atom. The monoisotopic (exact) mass is 437 g/mol. The van der Waals surface area contributed by atoms with Crippen LogP contribution < -0.4 is 0 Å². The molecule has 0 amide bonds. The molecule has 0 aromatic heterocycles. The molecule has 4 rings (SSSR count). The second-order valence-electron chi connectivity index (χ2n) is 9.49. The van der Waals surface area contributed by atoms with Gasteiger partial charge in [0.1, 0.15) is 17.4 Å². The van der Waals surface area contributed by atoms with Gasteiger partial charge in [0.05, 0.1) is 0 Å². The number of benzene rings is 1. The molecule has 1 saturated heterocycles. The molecule has 0 radical (unpaired) electrons. The van der Waals surface area contributed by atoms with Crippen molar-refractivity contribution in [3.05, 3.63) is 60.3 Å². The molecule has 1 aliphatic carbocycles. The zero-order valence-corrected chi connectivity index (χ0v) is 19.3. The lowest BCUT2D eigenvalue weighted by Crippen LogP contribution is -2.32. The van der Waals surface area contributed by atoms with Gasteiger partial charge in [-0.2, -0.15) is 0 Å². The summed E-state index contributed by atoms with van der Waals surface area (Å²) in [7, 11) is 1.90. The van der Waals surface area contributed by atoms with Crippen LogP contribution in [0.4, 0.5) is 4.39 Å². The molecule has 2 aliphatic heterocycles. The Hall–Kier alpha value is -2.40. The number of allylic oxidation sites excluding steroid dienone is 3. The fourth-order valence-electron chi connectivity index (χ4n) is 5.54. The van der Waals surface area contributed by atoms with Gasteiger partial charge in [-0.15, -0.1) is 0 Å². The summed E-state index contributed by atoms with van der Waals surface area (Å²) < 4.78 is 14.5. The van der Waals surface area contributed by atoms with Crippen molar-refractivity contribution in [2.75, 3.05) is 26.7 Å².